The highest BCUT2D eigenvalue weighted by atomic mass is 16.5. The molecule has 3 atom stereocenters. The van der Waals surface area contributed by atoms with E-state index in [1.165, 1.54) is 12.8 Å². The number of likely N-dealkylation sites (tertiary alicyclic amines) is 1. The number of fused-ring (bicyclic) bond motifs is 1. The summed E-state index contributed by atoms with van der Waals surface area (Å²) in [6.45, 7) is 2.44. The number of hydrogen-bond donors (Lipinski definition) is 1. The van der Waals surface area contributed by atoms with Gasteiger partial charge in [0.05, 0.1) is 6.54 Å². The topological polar surface area (TPSA) is 79.5 Å². The average molecular weight is 279 g/mol. The first-order chi connectivity index (χ1) is 9.69. The summed E-state index contributed by atoms with van der Waals surface area (Å²) in [6, 6.07) is -0.0399. The Morgan fingerprint density at radius 1 is 1.45 bits per heavy atom. The second kappa shape index (κ2) is 5.52. The Morgan fingerprint density at radius 3 is 2.95 bits per heavy atom. The largest absolute Gasteiger partial charge is 0.480 e. The Morgan fingerprint density at radius 2 is 2.25 bits per heavy atom. The normalized spacial score (nSPS) is 30.4. The van der Waals surface area contributed by atoms with Gasteiger partial charge in [-0.3, -0.25) is 9.69 Å². The summed E-state index contributed by atoms with van der Waals surface area (Å²) in [5, 5.41) is 13.3. The predicted molar refractivity (Wildman–Crippen MR) is 71.0 cm³/mol. The molecule has 1 N–H and O–H groups in total. The Kier molecular flexibility index (Phi) is 3.74. The first-order valence-electron chi connectivity index (χ1n) is 7.49. The molecule has 0 aromatic carbocycles. The zero-order valence-corrected chi connectivity index (χ0v) is 11.8. The minimum absolute atomic E-state index is 0.363. The van der Waals surface area contributed by atoms with Gasteiger partial charge in [-0.15, -0.1) is 0 Å². The van der Waals surface area contributed by atoms with Gasteiger partial charge in [-0.25, -0.2) is 0 Å². The SMILES string of the molecule is CCc1noc(CN2C(C(=O)O)CC3CCCCC32)n1. The first-order valence-corrected chi connectivity index (χ1v) is 7.49. The molecule has 3 unspecified atom stereocenters. The predicted octanol–water partition coefficient (Wildman–Crippen LogP) is 1.85. The number of rotatable bonds is 4. The number of carbonyl (C=O) groups is 1. The standard InChI is InChI=1S/C14H21N3O3/c1-2-12-15-13(20-16-12)8-17-10-6-4-3-5-9(10)7-11(17)14(18)19/h9-11H,2-8H2,1H3,(H,18,19). The number of aryl methyl sites for hydroxylation is 1. The minimum Gasteiger partial charge on any atom is -0.480 e. The summed E-state index contributed by atoms with van der Waals surface area (Å²) >= 11 is 0. The van der Waals surface area contributed by atoms with Crippen LogP contribution in [0.25, 0.3) is 0 Å². The molecule has 1 aromatic heterocycles. The maximum absolute atomic E-state index is 11.5. The van der Waals surface area contributed by atoms with E-state index in [9.17, 15) is 9.90 Å². The van der Waals surface area contributed by atoms with Crippen LogP contribution in [0.2, 0.25) is 0 Å². The van der Waals surface area contributed by atoms with E-state index < -0.39 is 12.0 Å². The van der Waals surface area contributed by atoms with Gasteiger partial charge in [-0.05, 0) is 25.2 Å². The number of aliphatic carboxylic acids is 1. The van der Waals surface area contributed by atoms with Crippen LogP contribution in [-0.2, 0) is 17.8 Å². The van der Waals surface area contributed by atoms with Crippen LogP contribution in [0.3, 0.4) is 0 Å². The van der Waals surface area contributed by atoms with Crippen LogP contribution in [0.1, 0.15) is 50.7 Å². The lowest BCUT2D eigenvalue weighted by molar-refractivity contribution is -0.143. The number of nitrogens with zero attached hydrogens (tertiary/aromatic N) is 3. The molecule has 1 aromatic rings. The molecule has 0 radical (unpaired) electrons. The molecule has 20 heavy (non-hydrogen) atoms. The lowest BCUT2D eigenvalue weighted by Crippen LogP contribution is -2.41. The van der Waals surface area contributed by atoms with Crippen molar-refractivity contribution in [1.29, 1.82) is 0 Å². The highest BCUT2D eigenvalue weighted by Gasteiger charge is 2.45. The number of aromatic nitrogens is 2. The molecule has 6 nitrogen and oxygen atoms in total. The van der Waals surface area contributed by atoms with E-state index in [4.69, 9.17) is 4.52 Å². The molecule has 110 valence electrons. The summed E-state index contributed by atoms with van der Waals surface area (Å²) in [5.41, 5.74) is 0. The van der Waals surface area contributed by atoms with Crippen LogP contribution < -0.4 is 0 Å². The zero-order valence-electron chi connectivity index (χ0n) is 11.8. The maximum atomic E-state index is 11.5. The first kappa shape index (κ1) is 13.5. The van der Waals surface area contributed by atoms with Crippen LogP contribution >= 0.6 is 0 Å². The van der Waals surface area contributed by atoms with Crippen LogP contribution in [0.5, 0.6) is 0 Å². The number of hydrogen-bond acceptors (Lipinski definition) is 5. The van der Waals surface area contributed by atoms with Crippen molar-refractivity contribution in [1.82, 2.24) is 15.0 Å². The summed E-state index contributed by atoms with van der Waals surface area (Å²) in [4.78, 5) is 17.9. The van der Waals surface area contributed by atoms with Crippen molar-refractivity contribution in [2.75, 3.05) is 0 Å². The molecular formula is C14H21N3O3. The van der Waals surface area contributed by atoms with Crippen molar-refractivity contribution >= 4 is 5.97 Å². The molecule has 2 fully saturated rings. The van der Waals surface area contributed by atoms with Crippen LogP contribution in [0.4, 0.5) is 0 Å². The second-order valence-corrected chi connectivity index (χ2v) is 5.83. The third-order valence-electron chi connectivity index (χ3n) is 4.65. The average Bonchev–Trinajstić information content (AvgIpc) is 3.04. The van der Waals surface area contributed by atoms with Crippen LogP contribution in [0.15, 0.2) is 4.52 Å². The molecule has 2 heterocycles. The molecule has 6 heteroatoms. The van der Waals surface area contributed by atoms with Crippen molar-refractivity contribution in [2.45, 2.75) is 64.1 Å². The van der Waals surface area contributed by atoms with Gasteiger partial charge in [-0.1, -0.05) is 24.9 Å². The smallest absolute Gasteiger partial charge is 0.320 e. The highest BCUT2D eigenvalue weighted by molar-refractivity contribution is 5.74. The summed E-state index contributed by atoms with van der Waals surface area (Å²) < 4.78 is 5.23. The van der Waals surface area contributed by atoms with Gasteiger partial charge in [0.1, 0.15) is 6.04 Å². The third kappa shape index (κ3) is 2.44. The highest BCUT2D eigenvalue weighted by Crippen LogP contribution is 2.40. The summed E-state index contributed by atoms with van der Waals surface area (Å²) in [5.74, 6) is 1.01. The van der Waals surface area contributed by atoms with Crippen molar-refractivity contribution < 1.29 is 14.4 Å². The Hall–Kier alpha value is -1.43. The molecule has 1 aliphatic heterocycles. The van der Waals surface area contributed by atoms with E-state index in [-0.39, 0.29) is 0 Å². The Labute approximate surface area is 118 Å². The second-order valence-electron chi connectivity index (χ2n) is 5.83. The van der Waals surface area contributed by atoms with Gasteiger partial charge in [0.2, 0.25) is 5.89 Å². The van der Waals surface area contributed by atoms with E-state index in [1.807, 2.05) is 6.92 Å². The molecule has 0 bridgehead atoms. The lowest BCUT2D eigenvalue weighted by atomic mass is 9.85. The fourth-order valence-corrected chi connectivity index (χ4v) is 3.68. The van der Waals surface area contributed by atoms with E-state index in [0.717, 1.165) is 25.7 Å². The number of carboxylic acid groups (broad SMARTS) is 1. The summed E-state index contributed by atoms with van der Waals surface area (Å²) in [6.07, 6.45) is 6.14. The number of carboxylic acids is 1. The van der Waals surface area contributed by atoms with E-state index in [2.05, 4.69) is 15.0 Å². The quantitative estimate of drug-likeness (QED) is 0.906. The summed E-state index contributed by atoms with van der Waals surface area (Å²) in [7, 11) is 0. The Bertz CT molecular complexity index is 488. The van der Waals surface area contributed by atoms with E-state index in [1.54, 1.807) is 0 Å². The van der Waals surface area contributed by atoms with Gasteiger partial charge in [0.25, 0.3) is 0 Å². The molecule has 0 spiro atoms. The minimum atomic E-state index is -0.727. The molecular weight excluding hydrogens is 258 g/mol. The van der Waals surface area contributed by atoms with Gasteiger partial charge in [0, 0.05) is 12.5 Å². The molecule has 1 saturated carbocycles. The molecule has 2 aliphatic rings. The van der Waals surface area contributed by atoms with Crippen LogP contribution in [0, 0.1) is 5.92 Å². The fourth-order valence-electron chi connectivity index (χ4n) is 3.68. The van der Waals surface area contributed by atoms with Gasteiger partial charge in [0.15, 0.2) is 5.82 Å². The van der Waals surface area contributed by atoms with Crippen LogP contribution in [-0.4, -0.2) is 38.2 Å². The van der Waals surface area contributed by atoms with Crippen molar-refractivity contribution in [3.8, 4) is 0 Å². The molecule has 0 amide bonds. The van der Waals surface area contributed by atoms with Crippen molar-refractivity contribution in [3.63, 3.8) is 0 Å². The monoisotopic (exact) mass is 279 g/mol. The van der Waals surface area contributed by atoms with Crippen molar-refractivity contribution in [3.05, 3.63) is 11.7 Å². The lowest BCUT2D eigenvalue weighted by Gasteiger charge is -2.31. The fraction of sp³-hybridized carbons (Fsp3) is 0.786. The van der Waals surface area contributed by atoms with Gasteiger partial charge >= 0.3 is 5.97 Å². The maximum Gasteiger partial charge on any atom is 0.320 e. The van der Waals surface area contributed by atoms with Gasteiger partial charge < -0.3 is 9.63 Å². The zero-order chi connectivity index (χ0) is 14.1. The van der Waals surface area contributed by atoms with E-state index in [0.29, 0.717) is 30.2 Å². The van der Waals surface area contributed by atoms with Crippen molar-refractivity contribution in [2.24, 2.45) is 5.92 Å². The van der Waals surface area contributed by atoms with Gasteiger partial charge in [-0.2, -0.15) is 4.98 Å². The molecule has 1 saturated heterocycles. The Balaban J connectivity index is 1.78. The molecule has 3 rings (SSSR count). The van der Waals surface area contributed by atoms with E-state index >= 15 is 0 Å². The third-order valence-corrected chi connectivity index (χ3v) is 4.65. The molecule has 1 aliphatic carbocycles.